The highest BCUT2D eigenvalue weighted by Gasteiger charge is 2.15. The molecule has 1 heterocycles. The molecule has 0 aliphatic carbocycles. The number of aryl methyl sites for hydroxylation is 1. The van der Waals surface area contributed by atoms with E-state index in [-0.39, 0.29) is 18.3 Å². The Kier molecular flexibility index (Phi) is 9.14. The Morgan fingerprint density at radius 1 is 1.24 bits per heavy atom. The van der Waals surface area contributed by atoms with Crippen molar-refractivity contribution >= 4 is 39.3 Å². The van der Waals surface area contributed by atoms with Gasteiger partial charge in [0.2, 0.25) is 5.91 Å². The fraction of sp³-hybridized carbons (Fsp3) is 0.320. The highest BCUT2D eigenvalue weighted by molar-refractivity contribution is 9.10. The molecule has 1 aromatic heterocycles. The number of ether oxygens (including phenoxy) is 1. The van der Waals surface area contributed by atoms with Gasteiger partial charge < -0.3 is 10.1 Å². The van der Waals surface area contributed by atoms with Crippen LogP contribution in [0.25, 0.3) is 0 Å². The summed E-state index contributed by atoms with van der Waals surface area (Å²) in [5, 5.41) is 12.2. The average molecular weight is 530 g/mol. The number of nitrogens with one attached hydrogen (secondary N) is 1. The van der Waals surface area contributed by atoms with Crippen LogP contribution in [0.15, 0.2) is 64.7 Å². The molecule has 3 rings (SSSR count). The molecule has 1 amide bonds. The van der Waals surface area contributed by atoms with Crippen LogP contribution in [0.1, 0.15) is 43.6 Å². The number of hydrogen-bond donors (Lipinski definition) is 1. The molecule has 3 aromatic rings. The second-order valence-electron chi connectivity index (χ2n) is 7.81. The summed E-state index contributed by atoms with van der Waals surface area (Å²) < 4.78 is 8.81. The zero-order valence-corrected chi connectivity index (χ0v) is 21.6. The third-order valence-corrected chi connectivity index (χ3v) is 6.51. The van der Waals surface area contributed by atoms with Crippen molar-refractivity contribution in [2.24, 2.45) is 0 Å². The van der Waals surface area contributed by atoms with Gasteiger partial charge in [-0.1, -0.05) is 66.7 Å². The first-order valence-corrected chi connectivity index (χ1v) is 12.7. The van der Waals surface area contributed by atoms with Crippen LogP contribution >= 0.6 is 27.7 Å². The van der Waals surface area contributed by atoms with Crippen LogP contribution in [0.4, 0.5) is 5.69 Å². The Hall–Kier alpha value is -2.58. The van der Waals surface area contributed by atoms with Gasteiger partial charge in [-0.3, -0.25) is 9.36 Å². The van der Waals surface area contributed by atoms with Crippen molar-refractivity contribution in [1.82, 2.24) is 14.8 Å². The number of carbonyl (C=O) groups excluding carboxylic acids is 1. The van der Waals surface area contributed by atoms with Gasteiger partial charge in [-0.05, 0) is 53.8 Å². The van der Waals surface area contributed by atoms with Crippen LogP contribution in [0.2, 0.25) is 0 Å². The van der Waals surface area contributed by atoms with E-state index in [4.69, 9.17) is 4.74 Å². The maximum atomic E-state index is 12.6. The Morgan fingerprint density at radius 2 is 2.00 bits per heavy atom. The fourth-order valence-electron chi connectivity index (χ4n) is 3.26. The molecule has 0 atom stereocenters. The van der Waals surface area contributed by atoms with E-state index in [1.165, 1.54) is 17.3 Å². The number of halogens is 1. The molecule has 0 saturated heterocycles. The lowest BCUT2D eigenvalue weighted by Gasteiger charge is -2.14. The molecule has 0 saturated carbocycles. The number of hydrogen-bond acceptors (Lipinski definition) is 5. The second kappa shape index (κ2) is 12.0. The van der Waals surface area contributed by atoms with Crippen LogP contribution in [0.3, 0.4) is 0 Å². The molecule has 8 heteroatoms. The van der Waals surface area contributed by atoms with Crippen molar-refractivity contribution < 1.29 is 9.53 Å². The van der Waals surface area contributed by atoms with Crippen LogP contribution in [0, 0.1) is 0 Å². The molecule has 1 N–H and O–H groups in total. The Balaban J connectivity index is 1.63. The molecule has 0 unspecified atom stereocenters. The van der Waals surface area contributed by atoms with Crippen molar-refractivity contribution in [1.29, 1.82) is 0 Å². The van der Waals surface area contributed by atoms with E-state index < -0.39 is 0 Å². The molecule has 0 aliphatic rings. The smallest absolute Gasteiger partial charge is 0.234 e. The average Bonchev–Trinajstić information content (AvgIpc) is 3.19. The van der Waals surface area contributed by atoms with Crippen LogP contribution in [0.5, 0.6) is 5.75 Å². The summed E-state index contributed by atoms with van der Waals surface area (Å²) in [6, 6.07) is 13.9. The standard InChI is InChI=1S/C25H29BrN4O2S/c1-5-13-30-23(15-32-20-10-7-18(6-2)8-11-20)28-29-25(30)33-16-24(31)27-22-12-9-19(26)14-21(22)17(3)4/h5,7-12,14,17H,1,6,13,15-16H2,2-4H3,(H,27,31). The number of aromatic nitrogens is 3. The summed E-state index contributed by atoms with van der Waals surface area (Å²) in [4.78, 5) is 12.6. The summed E-state index contributed by atoms with van der Waals surface area (Å²) in [5.74, 6) is 1.90. The summed E-state index contributed by atoms with van der Waals surface area (Å²) >= 11 is 4.84. The summed E-state index contributed by atoms with van der Waals surface area (Å²) in [6.07, 6.45) is 2.77. The molecule has 0 bridgehead atoms. The molecular formula is C25H29BrN4O2S. The van der Waals surface area contributed by atoms with E-state index in [1.807, 2.05) is 34.9 Å². The minimum absolute atomic E-state index is 0.0915. The summed E-state index contributed by atoms with van der Waals surface area (Å²) in [6.45, 7) is 11.0. The van der Waals surface area contributed by atoms with Crippen molar-refractivity contribution in [3.63, 3.8) is 0 Å². The first-order valence-electron chi connectivity index (χ1n) is 10.9. The van der Waals surface area contributed by atoms with E-state index in [9.17, 15) is 4.79 Å². The lowest BCUT2D eigenvalue weighted by atomic mass is 10.0. The molecule has 33 heavy (non-hydrogen) atoms. The number of nitrogens with zero attached hydrogens (tertiary/aromatic N) is 3. The van der Waals surface area contributed by atoms with Gasteiger partial charge in [0, 0.05) is 16.7 Å². The van der Waals surface area contributed by atoms with Crippen LogP contribution < -0.4 is 10.1 Å². The second-order valence-corrected chi connectivity index (χ2v) is 9.67. The van der Waals surface area contributed by atoms with Gasteiger partial charge in [0.05, 0.1) is 5.75 Å². The molecule has 6 nitrogen and oxygen atoms in total. The first-order chi connectivity index (χ1) is 15.9. The van der Waals surface area contributed by atoms with Gasteiger partial charge in [-0.25, -0.2) is 0 Å². The lowest BCUT2D eigenvalue weighted by Crippen LogP contribution is -2.16. The van der Waals surface area contributed by atoms with Crippen molar-refractivity contribution in [3.05, 3.63) is 76.5 Å². The number of thioether (sulfide) groups is 1. The highest BCUT2D eigenvalue weighted by atomic mass is 79.9. The molecule has 0 fully saturated rings. The Morgan fingerprint density at radius 3 is 2.67 bits per heavy atom. The van der Waals surface area contributed by atoms with Gasteiger partial charge in [-0.15, -0.1) is 16.8 Å². The third-order valence-electron chi connectivity index (χ3n) is 5.05. The normalized spacial score (nSPS) is 10.9. The first kappa shape index (κ1) is 25.1. The van der Waals surface area contributed by atoms with E-state index in [0.717, 1.165) is 27.9 Å². The lowest BCUT2D eigenvalue weighted by molar-refractivity contribution is -0.113. The zero-order chi connectivity index (χ0) is 23.8. The molecule has 0 radical (unpaired) electrons. The van der Waals surface area contributed by atoms with Crippen molar-refractivity contribution in [2.45, 2.75) is 51.4 Å². The minimum Gasteiger partial charge on any atom is -0.486 e. The number of rotatable bonds is 11. The Bertz CT molecular complexity index is 1100. The third kappa shape index (κ3) is 6.95. The van der Waals surface area contributed by atoms with Gasteiger partial charge >= 0.3 is 0 Å². The van der Waals surface area contributed by atoms with E-state index in [1.54, 1.807) is 6.08 Å². The zero-order valence-electron chi connectivity index (χ0n) is 19.2. The predicted octanol–water partition coefficient (Wildman–Crippen LogP) is 6.22. The van der Waals surface area contributed by atoms with Crippen LogP contribution in [-0.4, -0.2) is 26.4 Å². The van der Waals surface area contributed by atoms with Gasteiger partial charge in [-0.2, -0.15) is 0 Å². The monoisotopic (exact) mass is 528 g/mol. The van der Waals surface area contributed by atoms with E-state index in [2.05, 4.69) is 70.9 Å². The van der Waals surface area contributed by atoms with E-state index in [0.29, 0.717) is 23.4 Å². The minimum atomic E-state index is -0.0915. The van der Waals surface area contributed by atoms with Gasteiger partial charge in [0.25, 0.3) is 0 Å². The summed E-state index contributed by atoms with van der Waals surface area (Å²) in [7, 11) is 0. The molecule has 0 aliphatic heterocycles. The quantitative estimate of drug-likeness (QED) is 0.236. The number of allylic oxidation sites excluding steroid dienone is 1. The number of anilines is 1. The Labute approximate surface area is 208 Å². The maximum absolute atomic E-state index is 12.6. The topological polar surface area (TPSA) is 69.0 Å². The number of benzene rings is 2. The van der Waals surface area contributed by atoms with Crippen molar-refractivity contribution in [3.8, 4) is 5.75 Å². The molecule has 174 valence electrons. The molecule has 0 spiro atoms. The van der Waals surface area contributed by atoms with Crippen molar-refractivity contribution in [2.75, 3.05) is 11.1 Å². The van der Waals surface area contributed by atoms with E-state index >= 15 is 0 Å². The van der Waals surface area contributed by atoms with Gasteiger partial charge in [0.1, 0.15) is 12.4 Å². The fourth-order valence-corrected chi connectivity index (χ4v) is 4.40. The molecular weight excluding hydrogens is 500 g/mol. The highest BCUT2D eigenvalue weighted by Crippen LogP contribution is 2.28. The SMILES string of the molecule is C=CCn1c(COc2ccc(CC)cc2)nnc1SCC(=O)Nc1ccc(Br)cc1C(C)C. The van der Waals surface area contributed by atoms with Crippen LogP contribution in [-0.2, 0) is 24.4 Å². The summed E-state index contributed by atoms with van der Waals surface area (Å²) in [5.41, 5.74) is 3.18. The maximum Gasteiger partial charge on any atom is 0.234 e. The van der Waals surface area contributed by atoms with Gasteiger partial charge in [0.15, 0.2) is 11.0 Å². The largest absolute Gasteiger partial charge is 0.486 e. The number of carbonyl (C=O) groups is 1. The predicted molar refractivity (Wildman–Crippen MR) is 138 cm³/mol. The number of amides is 1. The molecule has 2 aromatic carbocycles.